The Labute approximate surface area is 130 Å². The van der Waals surface area contributed by atoms with Gasteiger partial charge in [0.05, 0.1) is 11.6 Å². The average molecular weight is 338 g/mol. The molecule has 0 radical (unpaired) electrons. The Morgan fingerprint density at radius 1 is 1.15 bits per heavy atom. The van der Waals surface area contributed by atoms with E-state index < -0.39 is 0 Å². The minimum atomic E-state index is 0.640. The first-order chi connectivity index (χ1) is 9.71. The van der Waals surface area contributed by atoms with E-state index in [1.807, 2.05) is 6.07 Å². The van der Waals surface area contributed by atoms with E-state index in [4.69, 9.17) is 4.74 Å². The number of rotatable bonds is 3. The van der Waals surface area contributed by atoms with E-state index in [1.54, 1.807) is 7.11 Å². The van der Waals surface area contributed by atoms with Gasteiger partial charge in [0.1, 0.15) is 5.75 Å². The second kappa shape index (κ2) is 5.97. The predicted molar refractivity (Wildman–Crippen MR) is 87.5 cm³/mol. The van der Waals surface area contributed by atoms with Crippen LogP contribution in [-0.2, 0) is 0 Å². The van der Waals surface area contributed by atoms with Gasteiger partial charge < -0.3 is 10.1 Å². The molecule has 1 aromatic carbocycles. The summed E-state index contributed by atoms with van der Waals surface area (Å²) in [6.07, 6.45) is 11.4. The van der Waals surface area contributed by atoms with Crippen molar-refractivity contribution in [3.63, 3.8) is 0 Å². The van der Waals surface area contributed by atoms with Gasteiger partial charge >= 0.3 is 0 Å². The van der Waals surface area contributed by atoms with Gasteiger partial charge in [-0.05, 0) is 78.1 Å². The molecule has 3 rings (SSSR count). The number of ether oxygens (including phenoxy) is 1. The van der Waals surface area contributed by atoms with Crippen LogP contribution in [0, 0.1) is 5.41 Å². The van der Waals surface area contributed by atoms with E-state index in [0.717, 1.165) is 15.6 Å². The summed E-state index contributed by atoms with van der Waals surface area (Å²) in [5.41, 5.74) is 1.92. The maximum Gasteiger partial charge on any atom is 0.133 e. The van der Waals surface area contributed by atoms with Gasteiger partial charge in [0.15, 0.2) is 0 Å². The van der Waals surface area contributed by atoms with Crippen molar-refractivity contribution in [3.8, 4) is 5.75 Å². The third kappa shape index (κ3) is 2.98. The van der Waals surface area contributed by atoms with E-state index in [2.05, 4.69) is 33.4 Å². The molecule has 1 spiro atoms. The summed E-state index contributed by atoms with van der Waals surface area (Å²) in [5.74, 6) is 0.893. The summed E-state index contributed by atoms with van der Waals surface area (Å²) >= 11 is 3.56. The molecular weight excluding hydrogens is 314 g/mol. The fourth-order valence-electron chi connectivity index (χ4n) is 3.99. The quantitative estimate of drug-likeness (QED) is 0.800. The van der Waals surface area contributed by atoms with Crippen LogP contribution in [0.25, 0.3) is 0 Å². The number of hydrogen-bond donors (Lipinski definition) is 1. The molecule has 0 amide bonds. The van der Waals surface area contributed by atoms with Crippen LogP contribution in [0.4, 0.5) is 5.69 Å². The monoisotopic (exact) mass is 337 g/mol. The third-order valence-electron chi connectivity index (χ3n) is 5.23. The van der Waals surface area contributed by atoms with Crippen molar-refractivity contribution in [3.05, 3.63) is 22.7 Å². The highest BCUT2D eigenvalue weighted by Gasteiger charge is 2.37. The van der Waals surface area contributed by atoms with Gasteiger partial charge in [-0.25, -0.2) is 0 Å². The van der Waals surface area contributed by atoms with Gasteiger partial charge in [-0.3, -0.25) is 0 Å². The summed E-state index contributed by atoms with van der Waals surface area (Å²) in [4.78, 5) is 0. The van der Waals surface area contributed by atoms with Crippen LogP contribution in [0.5, 0.6) is 5.75 Å². The zero-order chi connectivity index (χ0) is 14.0. The second-order valence-corrected chi connectivity index (χ2v) is 7.33. The number of anilines is 1. The molecule has 2 fully saturated rings. The van der Waals surface area contributed by atoms with E-state index in [-0.39, 0.29) is 0 Å². The van der Waals surface area contributed by atoms with Crippen molar-refractivity contribution in [1.29, 1.82) is 0 Å². The molecule has 0 bridgehead atoms. The Morgan fingerprint density at radius 3 is 2.45 bits per heavy atom. The molecule has 0 aliphatic heterocycles. The average Bonchev–Trinajstić information content (AvgIpc) is 2.90. The lowest BCUT2D eigenvalue weighted by atomic mass is 9.71. The summed E-state index contributed by atoms with van der Waals surface area (Å²) in [6.45, 7) is 0. The molecule has 2 aliphatic rings. The summed E-state index contributed by atoms with van der Waals surface area (Å²) in [6, 6.07) is 6.90. The molecule has 0 atom stereocenters. The number of benzene rings is 1. The van der Waals surface area contributed by atoms with E-state index >= 15 is 0 Å². The Hall–Kier alpha value is -0.700. The number of hydrogen-bond acceptors (Lipinski definition) is 2. The third-order valence-corrected chi connectivity index (χ3v) is 5.85. The number of halogens is 1. The summed E-state index contributed by atoms with van der Waals surface area (Å²) in [7, 11) is 1.70. The largest absolute Gasteiger partial charge is 0.496 e. The molecule has 0 heterocycles. The molecule has 2 aliphatic carbocycles. The van der Waals surface area contributed by atoms with Gasteiger partial charge in [0, 0.05) is 11.7 Å². The highest BCUT2D eigenvalue weighted by molar-refractivity contribution is 9.10. The van der Waals surface area contributed by atoms with E-state index in [0.29, 0.717) is 6.04 Å². The smallest absolute Gasteiger partial charge is 0.133 e. The van der Waals surface area contributed by atoms with Crippen molar-refractivity contribution in [1.82, 2.24) is 0 Å². The van der Waals surface area contributed by atoms with E-state index in [9.17, 15) is 0 Å². The van der Waals surface area contributed by atoms with Crippen LogP contribution in [0.2, 0.25) is 0 Å². The second-order valence-electron chi connectivity index (χ2n) is 6.48. The van der Waals surface area contributed by atoms with Gasteiger partial charge in [0.2, 0.25) is 0 Å². The molecule has 1 N–H and O–H groups in total. The first kappa shape index (κ1) is 14.2. The Bertz CT molecular complexity index is 458. The lowest BCUT2D eigenvalue weighted by Gasteiger charge is -2.37. The highest BCUT2D eigenvalue weighted by atomic mass is 79.9. The van der Waals surface area contributed by atoms with Crippen molar-refractivity contribution < 1.29 is 4.74 Å². The highest BCUT2D eigenvalue weighted by Crippen LogP contribution is 2.49. The van der Waals surface area contributed by atoms with Gasteiger partial charge in [0.25, 0.3) is 0 Å². The molecule has 1 aromatic rings. The van der Waals surface area contributed by atoms with Crippen LogP contribution in [0.1, 0.15) is 51.4 Å². The minimum absolute atomic E-state index is 0.640. The van der Waals surface area contributed by atoms with Crippen LogP contribution >= 0.6 is 15.9 Å². The lowest BCUT2D eigenvalue weighted by Crippen LogP contribution is -2.31. The molecule has 0 unspecified atom stereocenters. The molecule has 110 valence electrons. The van der Waals surface area contributed by atoms with Crippen LogP contribution in [-0.4, -0.2) is 13.2 Å². The standard InChI is InChI=1S/C17H24BrNO/c1-20-16-5-4-14(12-15(16)18)19-13-6-10-17(11-7-13)8-2-3-9-17/h4-5,12-13,19H,2-3,6-11H2,1H3. The summed E-state index contributed by atoms with van der Waals surface area (Å²) < 4.78 is 6.30. The minimum Gasteiger partial charge on any atom is -0.496 e. The van der Waals surface area contributed by atoms with Crippen LogP contribution < -0.4 is 10.1 Å². The maximum atomic E-state index is 5.28. The number of methoxy groups -OCH3 is 1. The van der Waals surface area contributed by atoms with Gasteiger partial charge in [-0.2, -0.15) is 0 Å². The van der Waals surface area contributed by atoms with E-state index in [1.165, 1.54) is 57.1 Å². The zero-order valence-electron chi connectivity index (χ0n) is 12.3. The SMILES string of the molecule is COc1ccc(NC2CCC3(CCCC3)CC2)cc1Br. The lowest BCUT2D eigenvalue weighted by molar-refractivity contribution is 0.188. The van der Waals surface area contributed by atoms with Crippen molar-refractivity contribution in [2.45, 2.75) is 57.4 Å². The normalized spacial score (nSPS) is 22.1. The molecule has 2 nitrogen and oxygen atoms in total. The van der Waals surface area contributed by atoms with Gasteiger partial charge in [-0.15, -0.1) is 0 Å². The molecular formula is C17H24BrNO. The fraction of sp³-hybridized carbons (Fsp3) is 0.647. The van der Waals surface area contributed by atoms with Crippen molar-refractivity contribution >= 4 is 21.6 Å². The molecule has 0 saturated heterocycles. The Morgan fingerprint density at radius 2 is 1.85 bits per heavy atom. The Kier molecular flexibility index (Phi) is 4.25. The fourth-order valence-corrected chi connectivity index (χ4v) is 4.53. The molecule has 2 saturated carbocycles. The Balaban J connectivity index is 1.58. The summed E-state index contributed by atoms with van der Waals surface area (Å²) in [5, 5.41) is 3.69. The zero-order valence-corrected chi connectivity index (χ0v) is 13.8. The molecule has 0 aromatic heterocycles. The predicted octanol–water partition coefficient (Wildman–Crippen LogP) is 5.37. The molecule has 20 heavy (non-hydrogen) atoms. The van der Waals surface area contributed by atoms with Crippen molar-refractivity contribution in [2.24, 2.45) is 5.41 Å². The molecule has 3 heteroatoms. The number of nitrogens with one attached hydrogen (secondary N) is 1. The van der Waals surface area contributed by atoms with Crippen LogP contribution in [0.15, 0.2) is 22.7 Å². The first-order valence-electron chi connectivity index (χ1n) is 7.81. The topological polar surface area (TPSA) is 21.3 Å². The van der Waals surface area contributed by atoms with Crippen LogP contribution in [0.3, 0.4) is 0 Å². The van der Waals surface area contributed by atoms with Gasteiger partial charge in [-0.1, -0.05) is 12.8 Å². The first-order valence-corrected chi connectivity index (χ1v) is 8.60. The maximum absolute atomic E-state index is 5.28. The van der Waals surface area contributed by atoms with Crippen molar-refractivity contribution in [2.75, 3.05) is 12.4 Å².